The molecule has 0 saturated carbocycles. The summed E-state index contributed by atoms with van der Waals surface area (Å²) in [5.74, 6) is 1.11. The molecule has 0 unspecified atom stereocenters. The normalized spacial score (nSPS) is 9.44. The molecule has 0 amide bonds. The molecule has 0 aromatic carbocycles. The van der Waals surface area contributed by atoms with Crippen LogP contribution in [0.5, 0.6) is 11.5 Å². The minimum atomic E-state index is 0.259. The van der Waals surface area contributed by atoms with E-state index in [1.54, 1.807) is 29.8 Å². The first-order chi connectivity index (χ1) is 13.0. The van der Waals surface area contributed by atoms with Crippen molar-refractivity contribution in [2.45, 2.75) is 41.5 Å². The second kappa shape index (κ2) is 10.9. The van der Waals surface area contributed by atoms with E-state index >= 15 is 0 Å². The molecule has 4 aromatic rings. The molecule has 146 valence electrons. The molecule has 0 radical (unpaired) electrons. The number of imidazole rings is 2. The van der Waals surface area contributed by atoms with Gasteiger partial charge in [-0.05, 0) is 38.1 Å². The fourth-order valence-electron chi connectivity index (χ4n) is 2.33. The molecular formula is C21H30N4O2. The van der Waals surface area contributed by atoms with Crippen molar-refractivity contribution in [1.29, 1.82) is 0 Å². The van der Waals surface area contributed by atoms with Gasteiger partial charge in [0.2, 0.25) is 0 Å². The van der Waals surface area contributed by atoms with Crippen LogP contribution in [0.25, 0.3) is 11.3 Å². The Bertz CT molecular complexity index is 957. The van der Waals surface area contributed by atoms with Gasteiger partial charge in [-0.2, -0.15) is 0 Å². The first-order valence-electron chi connectivity index (χ1n) is 9.19. The lowest BCUT2D eigenvalue weighted by molar-refractivity contribution is 0.412. The molecule has 0 aliphatic heterocycles. The number of aromatic hydroxyl groups is 1. The van der Waals surface area contributed by atoms with Gasteiger partial charge in [0, 0.05) is 12.4 Å². The van der Waals surface area contributed by atoms with Crippen molar-refractivity contribution in [2.24, 2.45) is 0 Å². The first-order valence-corrected chi connectivity index (χ1v) is 9.19. The Morgan fingerprint density at radius 2 is 1.22 bits per heavy atom. The zero-order chi connectivity index (χ0) is 20.4. The maximum absolute atomic E-state index is 9.09. The van der Waals surface area contributed by atoms with E-state index in [0.29, 0.717) is 0 Å². The Morgan fingerprint density at radius 1 is 0.741 bits per heavy atom. The molecule has 4 heterocycles. The highest BCUT2D eigenvalue weighted by atomic mass is 16.5. The van der Waals surface area contributed by atoms with Gasteiger partial charge in [0.15, 0.2) is 0 Å². The van der Waals surface area contributed by atoms with Crippen molar-refractivity contribution in [3.8, 4) is 11.5 Å². The number of ether oxygens (including phenoxy) is 1. The van der Waals surface area contributed by atoms with Crippen LogP contribution in [0.15, 0.2) is 49.1 Å². The first kappa shape index (κ1) is 22.0. The zero-order valence-corrected chi connectivity index (χ0v) is 17.3. The van der Waals surface area contributed by atoms with E-state index in [0.717, 1.165) is 28.4 Å². The quantitative estimate of drug-likeness (QED) is 0.509. The van der Waals surface area contributed by atoms with Crippen molar-refractivity contribution in [2.75, 3.05) is 7.11 Å². The van der Waals surface area contributed by atoms with Crippen molar-refractivity contribution in [1.82, 2.24) is 18.8 Å². The van der Waals surface area contributed by atoms with E-state index in [4.69, 9.17) is 9.84 Å². The summed E-state index contributed by atoms with van der Waals surface area (Å²) >= 11 is 0. The molecular weight excluding hydrogens is 340 g/mol. The highest BCUT2D eigenvalue weighted by Gasteiger charge is 1.98. The summed E-state index contributed by atoms with van der Waals surface area (Å²) in [6.45, 7) is 11.9. The van der Waals surface area contributed by atoms with Crippen LogP contribution >= 0.6 is 0 Å². The SMILES string of the molecule is CC.CC.COc1ccc2nc(C)cn2c1.Cc1cn2cc(O)ccc2n1. The molecule has 0 saturated heterocycles. The Kier molecular flexibility index (Phi) is 8.85. The minimum absolute atomic E-state index is 0.259. The van der Waals surface area contributed by atoms with Crippen molar-refractivity contribution < 1.29 is 9.84 Å². The van der Waals surface area contributed by atoms with Crippen LogP contribution in [-0.2, 0) is 0 Å². The number of pyridine rings is 2. The van der Waals surface area contributed by atoms with Crippen LogP contribution in [0.1, 0.15) is 39.1 Å². The molecule has 0 spiro atoms. The number of methoxy groups -OCH3 is 1. The van der Waals surface area contributed by atoms with Gasteiger partial charge in [-0.15, -0.1) is 0 Å². The summed E-state index contributed by atoms with van der Waals surface area (Å²) in [7, 11) is 1.66. The second-order valence-electron chi connectivity index (χ2n) is 5.25. The molecule has 4 aromatic heterocycles. The van der Waals surface area contributed by atoms with E-state index in [1.807, 2.05) is 76.7 Å². The predicted octanol–water partition coefficient (Wildman–Crippen LogP) is 5.05. The molecule has 0 fully saturated rings. The predicted molar refractivity (Wildman–Crippen MR) is 111 cm³/mol. The van der Waals surface area contributed by atoms with Crippen LogP contribution < -0.4 is 4.74 Å². The van der Waals surface area contributed by atoms with Crippen LogP contribution in [-0.4, -0.2) is 31.0 Å². The zero-order valence-electron chi connectivity index (χ0n) is 17.3. The van der Waals surface area contributed by atoms with E-state index in [2.05, 4.69) is 9.97 Å². The minimum Gasteiger partial charge on any atom is -0.506 e. The van der Waals surface area contributed by atoms with E-state index in [-0.39, 0.29) is 5.75 Å². The largest absolute Gasteiger partial charge is 0.506 e. The second-order valence-corrected chi connectivity index (χ2v) is 5.25. The van der Waals surface area contributed by atoms with Gasteiger partial charge in [-0.25, -0.2) is 9.97 Å². The summed E-state index contributed by atoms with van der Waals surface area (Å²) in [5, 5.41) is 9.09. The Labute approximate surface area is 161 Å². The lowest BCUT2D eigenvalue weighted by Gasteiger charge is -1.98. The molecule has 0 bridgehead atoms. The average molecular weight is 370 g/mol. The summed E-state index contributed by atoms with van der Waals surface area (Å²) < 4.78 is 8.83. The van der Waals surface area contributed by atoms with Gasteiger partial charge >= 0.3 is 0 Å². The van der Waals surface area contributed by atoms with E-state index < -0.39 is 0 Å². The highest BCUT2D eigenvalue weighted by molar-refractivity contribution is 5.43. The molecule has 0 aliphatic rings. The smallest absolute Gasteiger partial charge is 0.137 e. The maximum atomic E-state index is 9.09. The average Bonchev–Trinajstić information content (AvgIpc) is 3.24. The third-order valence-electron chi connectivity index (χ3n) is 3.34. The maximum Gasteiger partial charge on any atom is 0.137 e. The van der Waals surface area contributed by atoms with Gasteiger partial charge in [0.05, 0.1) is 30.9 Å². The molecule has 0 atom stereocenters. The summed E-state index contributed by atoms with van der Waals surface area (Å²) in [6.07, 6.45) is 7.39. The number of hydrogen-bond acceptors (Lipinski definition) is 4. The molecule has 27 heavy (non-hydrogen) atoms. The lowest BCUT2D eigenvalue weighted by atomic mass is 10.4. The summed E-state index contributed by atoms with van der Waals surface area (Å²) in [4.78, 5) is 8.50. The van der Waals surface area contributed by atoms with Gasteiger partial charge in [-0.1, -0.05) is 27.7 Å². The van der Waals surface area contributed by atoms with Gasteiger partial charge < -0.3 is 18.6 Å². The monoisotopic (exact) mass is 370 g/mol. The highest BCUT2D eigenvalue weighted by Crippen LogP contribution is 2.12. The van der Waals surface area contributed by atoms with Crippen molar-refractivity contribution in [3.63, 3.8) is 0 Å². The number of aromatic nitrogens is 4. The van der Waals surface area contributed by atoms with Crippen LogP contribution in [0, 0.1) is 13.8 Å². The number of fused-ring (bicyclic) bond motifs is 2. The Hall–Kier alpha value is -3.02. The fraction of sp³-hybridized carbons (Fsp3) is 0.333. The molecule has 0 aliphatic carbocycles. The van der Waals surface area contributed by atoms with E-state index in [1.165, 1.54) is 0 Å². The van der Waals surface area contributed by atoms with E-state index in [9.17, 15) is 0 Å². The number of rotatable bonds is 1. The lowest BCUT2D eigenvalue weighted by Crippen LogP contribution is -1.86. The topological polar surface area (TPSA) is 64.1 Å². The van der Waals surface area contributed by atoms with Crippen molar-refractivity contribution >= 4 is 11.3 Å². The van der Waals surface area contributed by atoms with Crippen LogP contribution in [0.3, 0.4) is 0 Å². The van der Waals surface area contributed by atoms with Crippen LogP contribution in [0.4, 0.5) is 0 Å². The van der Waals surface area contributed by atoms with Gasteiger partial charge in [0.25, 0.3) is 0 Å². The Balaban J connectivity index is 0.000000229. The molecule has 6 nitrogen and oxygen atoms in total. The number of hydrogen-bond donors (Lipinski definition) is 1. The Morgan fingerprint density at radius 3 is 1.74 bits per heavy atom. The van der Waals surface area contributed by atoms with Gasteiger partial charge in [-0.3, -0.25) is 0 Å². The molecule has 1 N–H and O–H groups in total. The standard InChI is InChI=1S/C9H10N2O.C8H8N2O.2C2H6/c1-7-5-11-6-8(12-2)3-4-9(11)10-7;1-6-4-10-5-7(11)2-3-8(10)9-6;2*1-2/h3-6H,1-2H3;2-5,11H,1H3;2*1-2H3. The van der Waals surface area contributed by atoms with Crippen LogP contribution in [0.2, 0.25) is 0 Å². The molecule has 6 heteroatoms. The summed E-state index contributed by atoms with van der Waals surface area (Å²) in [5.41, 5.74) is 3.78. The number of aryl methyl sites for hydroxylation is 2. The van der Waals surface area contributed by atoms with Crippen molar-refractivity contribution in [3.05, 3.63) is 60.4 Å². The number of nitrogens with zero attached hydrogens (tertiary/aromatic N) is 4. The fourth-order valence-corrected chi connectivity index (χ4v) is 2.33. The van der Waals surface area contributed by atoms with Gasteiger partial charge in [0.1, 0.15) is 22.8 Å². The third-order valence-corrected chi connectivity index (χ3v) is 3.34. The molecule has 4 rings (SSSR count). The summed E-state index contributed by atoms with van der Waals surface area (Å²) in [6, 6.07) is 7.25. The third kappa shape index (κ3) is 6.02.